The van der Waals surface area contributed by atoms with E-state index in [4.69, 9.17) is 0 Å². The molecule has 0 spiro atoms. The van der Waals surface area contributed by atoms with Gasteiger partial charge in [0.25, 0.3) is 5.91 Å². The van der Waals surface area contributed by atoms with Crippen LogP contribution in [-0.4, -0.2) is 24.6 Å². The third-order valence-corrected chi connectivity index (χ3v) is 7.63. The van der Waals surface area contributed by atoms with E-state index in [9.17, 15) is 17.6 Å². The van der Waals surface area contributed by atoms with Crippen LogP contribution < -0.4 is 10.0 Å². The average Bonchev–Trinajstić information content (AvgIpc) is 3.15. The zero-order chi connectivity index (χ0) is 21.9. The molecule has 158 valence electrons. The van der Waals surface area contributed by atoms with E-state index in [1.54, 1.807) is 19.2 Å². The Hall–Kier alpha value is -2.30. The van der Waals surface area contributed by atoms with Crippen LogP contribution in [0.2, 0.25) is 0 Å². The van der Waals surface area contributed by atoms with Gasteiger partial charge in [0.1, 0.15) is 5.82 Å². The first-order valence-electron chi connectivity index (χ1n) is 9.03. The van der Waals surface area contributed by atoms with Gasteiger partial charge in [0.05, 0.1) is 22.2 Å². The van der Waals surface area contributed by atoms with Crippen molar-refractivity contribution in [1.82, 2.24) is 4.98 Å². The molecule has 30 heavy (non-hydrogen) atoms. The molecule has 0 bridgehead atoms. The highest BCUT2D eigenvalue weighted by atomic mass is 79.9. The largest absolute Gasteiger partial charge is 0.298 e. The van der Waals surface area contributed by atoms with Crippen molar-refractivity contribution in [3.05, 3.63) is 63.7 Å². The Balaban J connectivity index is 1.83. The zero-order valence-electron chi connectivity index (χ0n) is 16.1. The molecule has 0 saturated heterocycles. The molecule has 1 aromatic heterocycles. The third-order valence-electron chi connectivity index (χ3n) is 4.45. The second kappa shape index (κ2) is 9.23. The third kappa shape index (κ3) is 5.24. The Morgan fingerprint density at radius 2 is 1.93 bits per heavy atom. The van der Waals surface area contributed by atoms with Crippen LogP contribution >= 0.6 is 27.3 Å². The first kappa shape index (κ1) is 22.4. The fraction of sp³-hybridized carbons (Fsp3) is 0.200. The Morgan fingerprint density at radius 3 is 2.60 bits per heavy atom. The molecule has 0 aliphatic rings. The van der Waals surface area contributed by atoms with E-state index >= 15 is 0 Å². The van der Waals surface area contributed by atoms with Gasteiger partial charge in [-0.15, -0.1) is 11.3 Å². The topological polar surface area (TPSA) is 88.2 Å². The number of sulfonamides is 1. The van der Waals surface area contributed by atoms with E-state index in [1.807, 2.05) is 24.3 Å². The van der Waals surface area contributed by atoms with Crippen molar-refractivity contribution in [2.24, 2.45) is 0 Å². The van der Waals surface area contributed by atoms with Crippen molar-refractivity contribution in [3.63, 3.8) is 0 Å². The van der Waals surface area contributed by atoms with Crippen LogP contribution in [0.3, 0.4) is 0 Å². The van der Waals surface area contributed by atoms with Gasteiger partial charge in [0.15, 0.2) is 5.13 Å². The number of carbonyl (C=O) groups excluding carboxylic acids is 1. The van der Waals surface area contributed by atoms with Crippen LogP contribution in [-0.2, 0) is 10.0 Å². The predicted octanol–water partition coefficient (Wildman–Crippen LogP) is 5.50. The normalized spacial score (nSPS) is 12.4. The highest BCUT2D eigenvalue weighted by Crippen LogP contribution is 2.27. The quantitative estimate of drug-likeness (QED) is 0.438. The molecule has 0 aliphatic heterocycles. The minimum absolute atomic E-state index is 0.00340. The van der Waals surface area contributed by atoms with Crippen molar-refractivity contribution in [2.45, 2.75) is 25.5 Å². The van der Waals surface area contributed by atoms with Gasteiger partial charge < -0.3 is 0 Å². The number of hydrogen-bond donors (Lipinski definition) is 2. The highest BCUT2D eigenvalue weighted by Gasteiger charge is 2.22. The van der Waals surface area contributed by atoms with Crippen LogP contribution in [0.4, 0.5) is 15.2 Å². The fourth-order valence-corrected chi connectivity index (χ4v) is 4.62. The van der Waals surface area contributed by atoms with Crippen molar-refractivity contribution in [3.8, 4) is 11.3 Å². The number of carbonyl (C=O) groups is 1. The molecule has 0 aliphatic carbocycles. The molecule has 1 amide bonds. The van der Waals surface area contributed by atoms with Gasteiger partial charge in [-0.2, -0.15) is 0 Å². The van der Waals surface area contributed by atoms with Gasteiger partial charge in [-0.3, -0.25) is 14.8 Å². The number of hydrogen-bond acceptors (Lipinski definition) is 5. The zero-order valence-corrected chi connectivity index (χ0v) is 19.4. The van der Waals surface area contributed by atoms with Gasteiger partial charge in [0.2, 0.25) is 10.0 Å². The molecular weight excluding hydrogens is 493 g/mol. The number of nitrogens with one attached hydrogen (secondary N) is 2. The van der Waals surface area contributed by atoms with Crippen LogP contribution in [0, 0.1) is 5.82 Å². The van der Waals surface area contributed by atoms with Crippen LogP contribution in [0.15, 0.2) is 52.3 Å². The number of nitrogens with zero attached hydrogens (tertiary/aromatic N) is 1. The lowest BCUT2D eigenvalue weighted by molar-refractivity contribution is 0.102. The number of anilines is 2. The Labute approximate surface area is 186 Å². The maximum absolute atomic E-state index is 13.7. The first-order chi connectivity index (χ1) is 14.2. The molecule has 3 rings (SSSR count). The molecule has 6 nitrogen and oxygen atoms in total. The first-order valence-corrected chi connectivity index (χ1v) is 12.3. The maximum Gasteiger partial charge on any atom is 0.259 e. The minimum atomic E-state index is -3.76. The van der Waals surface area contributed by atoms with Crippen LogP contribution in [0.25, 0.3) is 11.3 Å². The molecule has 3 aromatic rings. The number of aromatic nitrogens is 1. The molecule has 0 radical (unpaired) electrons. The van der Waals surface area contributed by atoms with Crippen molar-refractivity contribution in [1.29, 1.82) is 0 Å². The lowest BCUT2D eigenvalue weighted by atomic mass is 10.1. The summed E-state index contributed by atoms with van der Waals surface area (Å²) in [6.45, 7) is 3.27. The van der Waals surface area contributed by atoms with Crippen LogP contribution in [0.5, 0.6) is 0 Å². The smallest absolute Gasteiger partial charge is 0.259 e. The summed E-state index contributed by atoms with van der Waals surface area (Å²) in [5.74, 6) is -1.24. The number of benzene rings is 2. The summed E-state index contributed by atoms with van der Waals surface area (Å²) in [7, 11) is -3.76. The summed E-state index contributed by atoms with van der Waals surface area (Å²) in [6, 6.07) is 10.9. The van der Waals surface area contributed by atoms with Crippen molar-refractivity contribution < 1.29 is 17.6 Å². The summed E-state index contributed by atoms with van der Waals surface area (Å²) in [4.78, 5) is 17.2. The molecule has 0 saturated carbocycles. The van der Waals surface area contributed by atoms with E-state index in [-0.39, 0.29) is 11.3 Å². The van der Waals surface area contributed by atoms with Crippen molar-refractivity contribution in [2.75, 3.05) is 10.0 Å². The fourth-order valence-electron chi connectivity index (χ4n) is 2.52. The van der Waals surface area contributed by atoms with E-state index in [0.29, 0.717) is 17.2 Å². The SMILES string of the molecule is CCC(C)S(=O)(=O)Nc1cc(F)ccc1C(=O)Nc1nc(-c2ccc(Br)cc2)cs1. The lowest BCUT2D eigenvalue weighted by Crippen LogP contribution is -2.26. The molecular formula is C20H19BrFN3O3S2. The van der Waals surface area contributed by atoms with Gasteiger partial charge in [-0.1, -0.05) is 35.0 Å². The number of halogens is 2. The monoisotopic (exact) mass is 511 g/mol. The number of thiazole rings is 1. The van der Waals surface area contributed by atoms with Gasteiger partial charge in [0, 0.05) is 15.4 Å². The van der Waals surface area contributed by atoms with Gasteiger partial charge in [-0.05, 0) is 43.7 Å². The Bertz CT molecular complexity index is 1160. The lowest BCUT2D eigenvalue weighted by Gasteiger charge is -2.15. The molecule has 2 N–H and O–H groups in total. The average molecular weight is 512 g/mol. The predicted molar refractivity (Wildman–Crippen MR) is 122 cm³/mol. The second-order valence-electron chi connectivity index (χ2n) is 6.55. The summed E-state index contributed by atoms with van der Waals surface area (Å²) in [5, 5.41) is 4.11. The molecule has 1 unspecified atom stereocenters. The Kier molecular flexibility index (Phi) is 6.89. The molecule has 10 heteroatoms. The minimum Gasteiger partial charge on any atom is -0.298 e. The number of amides is 1. The molecule has 0 fully saturated rings. The number of rotatable bonds is 7. The molecule has 2 aromatic carbocycles. The Morgan fingerprint density at radius 1 is 1.23 bits per heavy atom. The standard InChI is InChI=1S/C20H19BrFN3O3S2/c1-3-12(2)30(27,28)25-17-10-15(22)8-9-16(17)19(26)24-20-23-18(11-29-20)13-4-6-14(21)7-5-13/h4-12,25H,3H2,1-2H3,(H,23,24,26). The summed E-state index contributed by atoms with van der Waals surface area (Å²) < 4.78 is 41.8. The van der Waals surface area contributed by atoms with E-state index in [1.165, 1.54) is 17.4 Å². The second-order valence-corrected chi connectivity index (χ2v) is 10.4. The summed E-state index contributed by atoms with van der Waals surface area (Å²) in [5.41, 5.74) is 1.47. The maximum atomic E-state index is 13.7. The van der Waals surface area contributed by atoms with E-state index < -0.39 is 27.0 Å². The van der Waals surface area contributed by atoms with Crippen molar-refractivity contribution >= 4 is 54.0 Å². The molecule has 1 atom stereocenters. The van der Waals surface area contributed by atoms with Gasteiger partial charge >= 0.3 is 0 Å². The van der Waals surface area contributed by atoms with Gasteiger partial charge in [-0.25, -0.2) is 17.8 Å². The highest BCUT2D eigenvalue weighted by molar-refractivity contribution is 9.10. The van der Waals surface area contributed by atoms with Crippen LogP contribution in [0.1, 0.15) is 30.6 Å². The van der Waals surface area contributed by atoms with E-state index in [0.717, 1.165) is 22.2 Å². The van der Waals surface area contributed by atoms with E-state index in [2.05, 4.69) is 31.0 Å². The summed E-state index contributed by atoms with van der Waals surface area (Å²) >= 11 is 4.61. The summed E-state index contributed by atoms with van der Waals surface area (Å²) in [6.07, 6.45) is 0.379. The molecule has 1 heterocycles.